The van der Waals surface area contributed by atoms with Gasteiger partial charge in [0.1, 0.15) is 0 Å². The van der Waals surface area contributed by atoms with Crippen molar-refractivity contribution >= 4 is 6.08 Å². The molecule has 0 amide bonds. The molecule has 0 saturated carbocycles. The first-order valence-electron chi connectivity index (χ1n) is 7.46. The van der Waals surface area contributed by atoms with E-state index in [0.717, 1.165) is 39.3 Å². The Bertz CT molecular complexity index is 405. The van der Waals surface area contributed by atoms with Gasteiger partial charge in [-0.2, -0.15) is 0 Å². The van der Waals surface area contributed by atoms with Crippen molar-refractivity contribution in [1.82, 2.24) is 9.80 Å². The second-order valence-electron chi connectivity index (χ2n) is 5.45. The molecule has 0 bridgehead atoms. The van der Waals surface area contributed by atoms with Crippen molar-refractivity contribution < 1.29 is 4.74 Å². The Morgan fingerprint density at radius 2 is 2.05 bits per heavy atom. The van der Waals surface area contributed by atoms with E-state index in [-0.39, 0.29) is 0 Å². The van der Waals surface area contributed by atoms with Gasteiger partial charge in [-0.05, 0) is 12.5 Å². The average Bonchev–Trinajstić information content (AvgIpc) is 2.47. The highest BCUT2D eigenvalue weighted by Gasteiger charge is 2.22. The Kier molecular flexibility index (Phi) is 6.25. The van der Waals surface area contributed by atoms with Crippen LogP contribution in [0.2, 0.25) is 0 Å². The predicted molar refractivity (Wildman–Crippen MR) is 84.8 cm³/mol. The highest BCUT2D eigenvalue weighted by molar-refractivity contribution is 5.48. The van der Waals surface area contributed by atoms with Crippen molar-refractivity contribution in [2.45, 2.75) is 13.0 Å². The van der Waals surface area contributed by atoms with Gasteiger partial charge in [0.15, 0.2) is 0 Å². The zero-order valence-electron chi connectivity index (χ0n) is 12.7. The van der Waals surface area contributed by atoms with Crippen LogP contribution < -0.4 is 0 Å². The van der Waals surface area contributed by atoms with Gasteiger partial charge >= 0.3 is 0 Å². The summed E-state index contributed by atoms with van der Waals surface area (Å²) in [7, 11) is 1.77. The van der Waals surface area contributed by atoms with Crippen molar-refractivity contribution in [3.63, 3.8) is 0 Å². The van der Waals surface area contributed by atoms with Crippen molar-refractivity contribution in [3.8, 4) is 0 Å². The van der Waals surface area contributed by atoms with Gasteiger partial charge < -0.3 is 4.74 Å². The lowest BCUT2D eigenvalue weighted by molar-refractivity contribution is 0.0642. The summed E-state index contributed by atoms with van der Waals surface area (Å²) in [4.78, 5) is 5.04. The largest absolute Gasteiger partial charge is 0.383 e. The predicted octanol–water partition coefficient (Wildman–Crippen LogP) is 2.35. The molecule has 0 unspecified atom stereocenters. The third kappa shape index (κ3) is 4.75. The van der Waals surface area contributed by atoms with Gasteiger partial charge in [-0.15, -0.1) is 0 Å². The highest BCUT2D eigenvalue weighted by Crippen LogP contribution is 2.09. The van der Waals surface area contributed by atoms with E-state index in [1.807, 2.05) is 0 Å². The van der Waals surface area contributed by atoms with Crippen LogP contribution in [0.3, 0.4) is 0 Å². The quantitative estimate of drug-likeness (QED) is 0.792. The number of nitrogens with zero attached hydrogens (tertiary/aromatic N) is 2. The Morgan fingerprint density at radius 1 is 1.25 bits per heavy atom. The zero-order valence-corrected chi connectivity index (χ0v) is 12.7. The summed E-state index contributed by atoms with van der Waals surface area (Å²) in [5.41, 5.74) is 1.28. The molecule has 1 aromatic carbocycles. The Hall–Kier alpha value is -1.16. The number of rotatable bonds is 6. The number of ether oxygens (including phenoxy) is 1. The fraction of sp³-hybridized carbons (Fsp3) is 0.529. The summed E-state index contributed by atoms with van der Waals surface area (Å²) in [5, 5.41) is 0. The van der Waals surface area contributed by atoms with Crippen LogP contribution in [0.1, 0.15) is 12.5 Å². The van der Waals surface area contributed by atoms with E-state index in [1.54, 1.807) is 7.11 Å². The summed E-state index contributed by atoms with van der Waals surface area (Å²) in [5.74, 6) is 0. The second kappa shape index (κ2) is 8.20. The second-order valence-corrected chi connectivity index (χ2v) is 5.45. The lowest BCUT2D eigenvalue weighted by Crippen LogP contribution is -2.52. The topological polar surface area (TPSA) is 15.7 Å². The van der Waals surface area contributed by atoms with E-state index >= 15 is 0 Å². The van der Waals surface area contributed by atoms with E-state index in [1.165, 1.54) is 5.56 Å². The van der Waals surface area contributed by atoms with E-state index < -0.39 is 0 Å². The Morgan fingerprint density at radius 3 is 2.75 bits per heavy atom. The molecule has 3 nitrogen and oxygen atoms in total. The molecule has 1 heterocycles. The molecule has 0 spiro atoms. The van der Waals surface area contributed by atoms with Crippen LogP contribution in [-0.4, -0.2) is 62.3 Å². The lowest BCUT2D eigenvalue weighted by Gasteiger charge is -2.39. The zero-order chi connectivity index (χ0) is 14.2. The van der Waals surface area contributed by atoms with Crippen molar-refractivity contribution in [3.05, 3.63) is 42.0 Å². The fourth-order valence-corrected chi connectivity index (χ4v) is 2.68. The van der Waals surface area contributed by atoms with Gasteiger partial charge in [-0.3, -0.25) is 9.80 Å². The first-order chi connectivity index (χ1) is 9.79. The summed E-state index contributed by atoms with van der Waals surface area (Å²) in [6.45, 7) is 8.66. The number of methoxy groups -OCH3 is 1. The summed E-state index contributed by atoms with van der Waals surface area (Å²) in [6.07, 6.45) is 4.48. The summed E-state index contributed by atoms with van der Waals surface area (Å²) in [6, 6.07) is 11.1. The molecule has 110 valence electrons. The molecule has 1 atom stereocenters. The van der Waals surface area contributed by atoms with Crippen LogP contribution in [-0.2, 0) is 4.74 Å². The molecule has 3 heteroatoms. The van der Waals surface area contributed by atoms with Gasteiger partial charge in [-0.25, -0.2) is 0 Å². The Labute approximate surface area is 122 Å². The number of hydrogen-bond acceptors (Lipinski definition) is 3. The smallest absolute Gasteiger partial charge is 0.0589 e. The first-order valence-corrected chi connectivity index (χ1v) is 7.46. The number of piperazine rings is 1. The third-order valence-corrected chi connectivity index (χ3v) is 3.91. The molecule has 0 aromatic heterocycles. The molecule has 0 N–H and O–H groups in total. The van der Waals surface area contributed by atoms with E-state index in [0.29, 0.717) is 6.04 Å². The van der Waals surface area contributed by atoms with Crippen LogP contribution in [0.15, 0.2) is 36.4 Å². The molecule has 2 rings (SSSR count). The number of benzene rings is 1. The fourth-order valence-electron chi connectivity index (χ4n) is 2.68. The number of hydrogen-bond donors (Lipinski definition) is 0. The van der Waals surface area contributed by atoms with Crippen LogP contribution >= 0.6 is 0 Å². The molecule has 1 saturated heterocycles. The van der Waals surface area contributed by atoms with Gasteiger partial charge in [0.25, 0.3) is 0 Å². The normalized spacial score (nSPS) is 21.6. The van der Waals surface area contributed by atoms with Gasteiger partial charge in [-0.1, -0.05) is 42.5 Å². The van der Waals surface area contributed by atoms with Crippen LogP contribution in [0.5, 0.6) is 0 Å². The standard InChI is InChI=1S/C17H26N2O/c1-16-15-18(11-12-19(16)13-14-20-2)10-6-9-17-7-4-3-5-8-17/h3-9,16H,10-15H2,1-2H3/b9-6+/t16-/m1/s1. The minimum absolute atomic E-state index is 0.615. The highest BCUT2D eigenvalue weighted by atomic mass is 16.5. The van der Waals surface area contributed by atoms with Crippen LogP contribution in [0.25, 0.3) is 6.08 Å². The molecule has 0 radical (unpaired) electrons. The van der Waals surface area contributed by atoms with Crippen LogP contribution in [0, 0.1) is 0 Å². The maximum absolute atomic E-state index is 5.17. The lowest BCUT2D eigenvalue weighted by atomic mass is 10.2. The average molecular weight is 274 g/mol. The Balaban J connectivity index is 1.74. The first kappa shape index (κ1) is 15.2. The molecular formula is C17H26N2O. The molecule has 1 aliphatic heterocycles. The molecule has 1 aromatic rings. The molecule has 1 aliphatic rings. The van der Waals surface area contributed by atoms with Crippen molar-refractivity contribution in [2.75, 3.05) is 46.4 Å². The van der Waals surface area contributed by atoms with Crippen molar-refractivity contribution in [2.24, 2.45) is 0 Å². The maximum atomic E-state index is 5.17. The minimum Gasteiger partial charge on any atom is -0.383 e. The van der Waals surface area contributed by atoms with E-state index in [4.69, 9.17) is 4.74 Å². The van der Waals surface area contributed by atoms with Gasteiger partial charge in [0.2, 0.25) is 0 Å². The monoisotopic (exact) mass is 274 g/mol. The minimum atomic E-state index is 0.615. The third-order valence-electron chi connectivity index (χ3n) is 3.91. The van der Waals surface area contributed by atoms with E-state index in [2.05, 4.69) is 59.2 Å². The van der Waals surface area contributed by atoms with Crippen molar-refractivity contribution in [1.29, 1.82) is 0 Å². The van der Waals surface area contributed by atoms with Gasteiger partial charge in [0, 0.05) is 45.9 Å². The molecule has 1 fully saturated rings. The van der Waals surface area contributed by atoms with E-state index in [9.17, 15) is 0 Å². The maximum Gasteiger partial charge on any atom is 0.0589 e. The van der Waals surface area contributed by atoms with Gasteiger partial charge in [0.05, 0.1) is 6.61 Å². The SMILES string of the molecule is COCCN1CCN(C/C=C/c2ccccc2)C[C@H]1C. The summed E-state index contributed by atoms with van der Waals surface area (Å²) >= 11 is 0. The van der Waals surface area contributed by atoms with Crippen LogP contribution in [0.4, 0.5) is 0 Å². The molecule has 0 aliphatic carbocycles. The molecular weight excluding hydrogens is 248 g/mol. The summed E-state index contributed by atoms with van der Waals surface area (Å²) < 4.78 is 5.17. The molecule has 20 heavy (non-hydrogen) atoms.